The third kappa shape index (κ3) is 3.85. The number of imidazole rings is 1. The molecule has 3 rings (SSSR count). The van der Waals surface area contributed by atoms with Crippen LogP contribution < -0.4 is 4.90 Å². The van der Waals surface area contributed by atoms with E-state index in [1.54, 1.807) is 4.90 Å². The highest BCUT2D eigenvalue weighted by atomic mass is 16.6. The summed E-state index contributed by atoms with van der Waals surface area (Å²) in [5.41, 5.74) is 1.12. The Bertz CT molecular complexity index is 807. The number of amides is 1. The number of ether oxygens (including phenoxy) is 1. The summed E-state index contributed by atoms with van der Waals surface area (Å²) >= 11 is 0. The van der Waals surface area contributed by atoms with Gasteiger partial charge in [-0.25, -0.2) is 9.78 Å². The van der Waals surface area contributed by atoms with E-state index in [9.17, 15) is 4.79 Å². The molecule has 7 heteroatoms. The fraction of sp³-hybridized carbons (Fsp3) is 0.500. The van der Waals surface area contributed by atoms with Crippen molar-refractivity contribution < 1.29 is 9.53 Å². The van der Waals surface area contributed by atoms with Gasteiger partial charge in [-0.3, -0.25) is 4.40 Å². The molecule has 2 aromatic rings. The molecule has 25 heavy (non-hydrogen) atoms. The van der Waals surface area contributed by atoms with Crippen LogP contribution in [0.4, 0.5) is 10.6 Å². The van der Waals surface area contributed by atoms with Crippen molar-refractivity contribution >= 4 is 17.6 Å². The van der Waals surface area contributed by atoms with Gasteiger partial charge in [-0.1, -0.05) is 6.07 Å². The normalized spacial score (nSPS) is 15.3. The van der Waals surface area contributed by atoms with E-state index in [1.165, 1.54) is 0 Å². The molecule has 0 N–H and O–H groups in total. The van der Waals surface area contributed by atoms with Crippen molar-refractivity contribution in [2.75, 3.05) is 31.1 Å². The minimum Gasteiger partial charge on any atom is -0.444 e. The van der Waals surface area contributed by atoms with Crippen LogP contribution in [0.2, 0.25) is 0 Å². The van der Waals surface area contributed by atoms with E-state index in [-0.39, 0.29) is 6.09 Å². The smallest absolute Gasteiger partial charge is 0.410 e. The van der Waals surface area contributed by atoms with Crippen LogP contribution in [-0.4, -0.2) is 52.2 Å². The van der Waals surface area contributed by atoms with Crippen molar-refractivity contribution in [1.82, 2.24) is 14.3 Å². The van der Waals surface area contributed by atoms with Gasteiger partial charge >= 0.3 is 6.09 Å². The number of carbonyl (C=O) groups excluding carboxylic acids is 1. The largest absolute Gasteiger partial charge is 0.444 e. The SMILES string of the molecule is CC(C)(C)OC(=O)N1CCN(c2cccc3nc(CC#N)cn23)CC1. The quantitative estimate of drug-likeness (QED) is 0.839. The van der Waals surface area contributed by atoms with E-state index in [1.807, 2.05) is 49.6 Å². The predicted octanol–water partition coefficient (Wildman–Crippen LogP) is 2.46. The number of anilines is 1. The highest BCUT2D eigenvalue weighted by Crippen LogP contribution is 2.20. The Morgan fingerprint density at radius 3 is 2.64 bits per heavy atom. The molecule has 7 nitrogen and oxygen atoms in total. The highest BCUT2D eigenvalue weighted by molar-refractivity contribution is 5.68. The van der Waals surface area contributed by atoms with Crippen LogP contribution in [0.3, 0.4) is 0 Å². The first-order valence-electron chi connectivity index (χ1n) is 8.44. The molecule has 1 aliphatic rings. The number of rotatable bonds is 2. The van der Waals surface area contributed by atoms with Gasteiger partial charge in [-0.15, -0.1) is 0 Å². The van der Waals surface area contributed by atoms with E-state index >= 15 is 0 Å². The molecule has 0 radical (unpaired) electrons. The second-order valence-electron chi connectivity index (χ2n) is 7.13. The average Bonchev–Trinajstić information content (AvgIpc) is 2.96. The molecule has 132 valence electrons. The van der Waals surface area contributed by atoms with Crippen LogP contribution >= 0.6 is 0 Å². The molecule has 0 atom stereocenters. The van der Waals surface area contributed by atoms with Gasteiger partial charge in [0, 0.05) is 32.4 Å². The Morgan fingerprint density at radius 1 is 1.28 bits per heavy atom. The highest BCUT2D eigenvalue weighted by Gasteiger charge is 2.26. The third-order valence-corrected chi connectivity index (χ3v) is 4.04. The second kappa shape index (κ2) is 6.63. The Kier molecular flexibility index (Phi) is 4.53. The zero-order valence-corrected chi connectivity index (χ0v) is 14.9. The molecule has 0 aliphatic carbocycles. The van der Waals surface area contributed by atoms with Crippen molar-refractivity contribution in [2.45, 2.75) is 32.8 Å². The van der Waals surface area contributed by atoms with Crippen molar-refractivity contribution in [3.05, 3.63) is 30.1 Å². The predicted molar refractivity (Wildman–Crippen MR) is 94.5 cm³/mol. The van der Waals surface area contributed by atoms with Crippen molar-refractivity contribution in [3.8, 4) is 6.07 Å². The first-order chi connectivity index (χ1) is 11.9. The average molecular weight is 341 g/mol. The van der Waals surface area contributed by atoms with Gasteiger partial charge in [-0.05, 0) is 32.9 Å². The van der Waals surface area contributed by atoms with E-state index in [0.717, 1.165) is 30.2 Å². The number of nitriles is 1. The molecule has 0 bridgehead atoms. The van der Waals surface area contributed by atoms with E-state index < -0.39 is 5.60 Å². The van der Waals surface area contributed by atoms with Crippen LogP contribution in [0.25, 0.3) is 5.65 Å². The van der Waals surface area contributed by atoms with Gasteiger partial charge in [-0.2, -0.15) is 5.26 Å². The van der Waals surface area contributed by atoms with Crippen LogP contribution in [0.15, 0.2) is 24.4 Å². The zero-order chi connectivity index (χ0) is 18.0. The van der Waals surface area contributed by atoms with Gasteiger partial charge in [0.05, 0.1) is 18.2 Å². The van der Waals surface area contributed by atoms with Crippen molar-refractivity contribution in [1.29, 1.82) is 5.26 Å². The molecule has 1 saturated heterocycles. The van der Waals surface area contributed by atoms with E-state index in [4.69, 9.17) is 10.00 Å². The maximum absolute atomic E-state index is 12.2. The first kappa shape index (κ1) is 17.1. The molecular weight excluding hydrogens is 318 g/mol. The molecule has 0 aromatic carbocycles. The molecule has 1 fully saturated rings. The van der Waals surface area contributed by atoms with Gasteiger partial charge in [0.2, 0.25) is 0 Å². The summed E-state index contributed by atoms with van der Waals surface area (Å²) in [6.45, 7) is 8.31. The molecule has 3 heterocycles. The summed E-state index contributed by atoms with van der Waals surface area (Å²) in [7, 11) is 0. The summed E-state index contributed by atoms with van der Waals surface area (Å²) in [4.78, 5) is 20.6. The molecule has 0 spiro atoms. The summed E-state index contributed by atoms with van der Waals surface area (Å²) in [6, 6.07) is 8.07. The number of nitrogens with zero attached hydrogens (tertiary/aromatic N) is 5. The lowest BCUT2D eigenvalue weighted by atomic mass is 10.2. The number of aromatic nitrogens is 2. The van der Waals surface area contributed by atoms with Gasteiger partial charge < -0.3 is 14.5 Å². The van der Waals surface area contributed by atoms with E-state index in [0.29, 0.717) is 19.5 Å². The summed E-state index contributed by atoms with van der Waals surface area (Å²) < 4.78 is 7.45. The van der Waals surface area contributed by atoms with Crippen LogP contribution in [-0.2, 0) is 11.2 Å². The molecule has 1 amide bonds. The van der Waals surface area contributed by atoms with Gasteiger partial charge in [0.1, 0.15) is 17.1 Å². The lowest BCUT2D eigenvalue weighted by Crippen LogP contribution is -2.50. The minimum absolute atomic E-state index is 0.260. The van der Waals surface area contributed by atoms with Gasteiger partial charge in [0.25, 0.3) is 0 Å². The van der Waals surface area contributed by atoms with Crippen molar-refractivity contribution in [3.63, 3.8) is 0 Å². The van der Waals surface area contributed by atoms with Crippen LogP contribution in [0, 0.1) is 11.3 Å². The number of hydrogen-bond acceptors (Lipinski definition) is 5. The fourth-order valence-electron chi connectivity index (χ4n) is 2.92. The summed E-state index contributed by atoms with van der Waals surface area (Å²) in [6.07, 6.45) is 1.95. The maximum Gasteiger partial charge on any atom is 0.410 e. The van der Waals surface area contributed by atoms with E-state index in [2.05, 4.69) is 16.0 Å². The number of carbonyl (C=O) groups is 1. The standard InChI is InChI=1S/C18H23N5O2/c1-18(2,3)25-17(24)22-11-9-21(10-12-22)16-6-4-5-15-20-14(7-8-19)13-23(15)16/h4-6,13H,7,9-12H2,1-3H3. The summed E-state index contributed by atoms with van der Waals surface area (Å²) in [5, 5.41) is 8.87. The number of hydrogen-bond donors (Lipinski definition) is 0. The molecular formula is C18H23N5O2. The Labute approximate surface area is 147 Å². The Balaban J connectivity index is 1.72. The number of fused-ring (bicyclic) bond motifs is 1. The van der Waals surface area contributed by atoms with Crippen molar-refractivity contribution in [2.24, 2.45) is 0 Å². The maximum atomic E-state index is 12.2. The number of pyridine rings is 1. The Morgan fingerprint density at radius 2 is 2.00 bits per heavy atom. The summed E-state index contributed by atoms with van der Waals surface area (Å²) in [5.74, 6) is 1.03. The second-order valence-corrected chi connectivity index (χ2v) is 7.13. The molecule has 1 aliphatic heterocycles. The first-order valence-corrected chi connectivity index (χ1v) is 8.44. The topological polar surface area (TPSA) is 73.9 Å². The lowest BCUT2D eigenvalue weighted by Gasteiger charge is -2.36. The van der Waals surface area contributed by atoms with Crippen LogP contribution in [0.5, 0.6) is 0 Å². The molecule has 0 saturated carbocycles. The lowest BCUT2D eigenvalue weighted by molar-refractivity contribution is 0.0240. The minimum atomic E-state index is -0.478. The van der Waals surface area contributed by atoms with Crippen LogP contribution in [0.1, 0.15) is 26.5 Å². The molecule has 2 aromatic heterocycles. The molecule has 0 unspecified atom stereocenters. The monoisotopic (exact) mass is 341 g/mol. The third-order valence-electron chi connectivity index (χ3n) is 4.04. The number of piperazine rings is 1. The Hall–Kier alpha value is -2.75. The fourth-order valence-corrected chi connectivity index (χ4v) is 2.92. The van der Waals surface area contributed by atoms with Gasteiger partial charge in [0.15, 0.2) is 0 Å². The zero-order valence-electron chi connectivity index (χ0n) is 14.9.